The van der Waals surface area contributed by atoms with Gasteiger partial charge in [0.1, 0.15) is 0 Å². The van der Waals surface area contributed by atoms with Crippen molar-refractivity contribution in [2.24, 2.45) is 0 Å². The van der Waals surface area contributed by atoms with Crippen molar-refractivity contribution in [3.8, 4) is 28.4 Å². The number of phenolic OH excluding ortho intramolecular Hbond substituents is 1. The zero-order valence-corrected chi connectivity index (χ0v) is 20.8. The highest BCUT2D eigenvalue weighted by molar-refractivity contribution is 5.83. The number of benzene rings is 3. The summed E-state index contributed by atoms with van der Waals surface area (Å²) in [5, 5.41) is 10.8. The normalized spacial score (nSPS) is 22.3. The van der Waals surface area contributed by atoms with Crippen LogP contribution in [0.4, 0.5) is 11.4 Å². The summed E-state index contributed by atoms with van der Waals surface area (Å²) in [4.78, 5) is 9.37. The molecule has 2 atom stereocenters. The molecule has 0 spiro atoms. The Morgan fingerprint density at radius 3 is 2.35 bits per heavy atom. The Morgan fingerprint density at radius 2 is 1.57 bits per heavy atom. The van der Waals surface area contributed by atoms with Gasteiger partial charge >= 0.3 is 0 Å². The minimum absolute atomic E-state index is 0.186. The highest BCUT2D eigenvalue weighted by atomic mass is 16.5. The number of nitrogens with zero attached hydrogens (tertiary/aromatic N) is 3. The first-order valence-corrected chi connectivity index (χ1v) is 13.4. The van der Waals surface area contributed by atoms with Gasteiger partial charge in [-0.3, -0.25) is 9.88 Å². The molecule has 4 heterocycles. The summed E-state index contributed by atoms with van der Waals surface area (Å²) < 4.78 is 6.35. The van der Waals surface area contributed by atoms with Gasteiger partial charge in [-0.1, -0.05) is 42.5 Å². The van der Waals surface area contributed by atoms with E-state index in [9.17, 15) is 5.11 Å². The van der Waals surface area contributed by atoms with Gasteiger partial charge in [0.15, 0.2) is 17.2 Å². The molecular weight excluding hydrogens is 458 g/mol. The zero-order chi connectivity index (χ0) is 24.8. The Bertz CT molecular complexity index is 1390. The number of para-hydroxylation sites is 1. The first-order valence-electron chi connectivity index (χ1n) is 13.4. The average molecular weight is 490 g/mol. The van der Waals surface area contributed by atoms with Crippen molar-refractivity contribution < 1.29 is 9.84 Å². The Kier molecular flexibility index (Phi) is 5.59. The lowest BCUT2D eigenvalue weighted by Gasteiger charge is -2.46. The van der Waals surface area contributed by atoms with Gasteiger partial charge < -0.3 is 14.7 Å². The maximum Gasteiger partial charge on any atom is 0.192 e. The standard InChI is InChI=1S/C32H31N3O2/c36-30-8-4-7-29-32(30)37-31-19-24(23-13-16-33-17-14-23)9-12-28(31)35(29)27-20-25-10-11-26(21-27)34(25)18-15-22-5-2-1-3-6-22/h1-9,12-14,16-17,19,25-27,36H,10-11,15,18,20-21H2. The van der Waals surface area contributed by atoms with Crippen LogP contribution in [0.2, 0.25) is 0 Å². The number of anilines is 2. The number of hydrogen-bond acceptors (Lipinski definition) is 5. The van der Waals surface area contributed by atoms with E-state index in [2.05, 4.69) is 69.4 Å². The third-order valence-electron chi connectivity index (χ3n) is 8.40. The van der Waals surface area contributed by atoms with Gasteiger partial charge in [-0.05, 0) is 85.2 Å². The second kappa shape index (κ2) is 9.24. The van der Waals surface area contributed by atoms with E-state index in [1.54, 1.807) is 6.07 Å². The lowest BCUT2D eigenvalue weighted by atomic mass is 9.93. The van der Waals surface area contributed by atoms with Crippen molar-refractivity contribution >= 4 is 11.4 Å². The molecule has 0 amide bonds. The van der Waals surface area contributed by atoms with E-state index in [4.69, 9.17) is 4.74 Å². The molecule has 3 aromatic carbocycles. The van der Waals surface area contributed by atoms with Crippen LogP contribution in [0.25, 0.3) is 11.1 Å². The second-order valence-corrected chi connectivity index (χ2v) is 10.5. The van der Waals surface area contributed by atoms with Gasteiger partial charge in [0, 0.05) is 37.1 Å². The lowest BCUT2D eigenvalue weighted by Crippen LogP contribution is -2.50. The van der Waals surface area contributed by atoms with Crippen molar-refractivity contribution in [2.45, 2.75) is 50.2 Å². The minimum atomic E-state index is 0.186. The molecule has 3 aliphatic heterocycles. The summed E-state index contributed by atoms with van der Waals surface area (Å²) in [6, 6.07) is 28.6. The molecular formula is C32H31N3O2. The molecule has 0 radical (unpaired) electrons. The number of hydrogen-bond donors (Lipinski definition) is 1. The highest BCUT2D eigenvalue weighted by Gasteiger charge is 2.44. The van der Waals surface area contributed by atoms with Crippen molar-refractivity contribution in [3.05, 3.63) is 96.8 Å². The Morgan fingerprint density at radius 1 is 0.784 bits per heavy atom. The molecule has 2 unspecified atom stereocenters. The minimum Gasteiger partial charge on any atom is -0.504 e. The molecule has 186 valence electrons. The van der Waals surface area contributed by atoms with Crippen molar-refractivity contribution in [1.29, 1.82) is 0 Å². The third-order valence-corrected chi connectivity index (χ3v) is 8.40. The third kappa shape index (κ3) is 4.04. The predicted molar refractivity (Wildman–Crippen MR) is 147 cm³/mol. The molecule has 37 heavy (non-hydrogen) atoms. The summed E-state index contributed by atoms with van der Waals surface area (Å²) in [5.41, 5.74) is 5.64. The lowest BCUT2D eigenvalue weighted by molar-refractivity contribution is 0.129. The first kappa shape index (κ1) is 22.4. The molecule has 5 heteroatoms. The van der Waals surface area contributed by atoms with Crippen molar-refractivity contribution in [1.82, 2.24) is 9.88 Å². The maximum atomic E-state index is 10.8. The molecule has 0 aliphatic carbocycles. The number of rotatable bonds is 5. The molecule has 2 bridgehead atoms. The van der Waals surface area contributed by atoms with E-state index in [1.807, 2.05) is 30.6 Å². The van der Waals surface area contributed by atoms with Crippen molar-refractivity contribution in [2.75, 3.05) is 11.4 Å². The fraction of sp³-hybridized carbons (Fsp3) is 0.281. The number of ether oxygens (including phenoxy) is 1. The molecule has 5 nitrogen and oxygen atoms in total. The number of fused-ring (bicyclic) bond motifs is 4. The first-order chi connectivity index (χ1) is 18.2. The Balaban J connectivity index is 1.20. The van der Waals surface area contributed by atoms with Gasteiger partial charge in [-0.15, -0.1) is 0 Å². The van der Waals surface area contributed by atoms with Crippen LogP contribution in [0.5, 0.6) is 17.2 Å². The Hall–Kier alpha value is -3.83. The van der Waals surface area contributed by atoms with Crippen molar-refractivity contribution in [3.63, 3.8) is 0 Å². The molecule has 1 aromatic heterocycles. The van der Waals surface area contributed by atoms with Crippen LogP contribution >= 0.6 is 0 Å². The number of pyridine rings is 1. The average Bonchev–Trinajstić information content (AvgIpc) is 3.18. The largest absolute Gasteiger partial charge is 0.504 e. The predicted octanol–water partition coefficient (Wildman–Crippen LogP) is 6.94. The molecule has 7 rings (SSSR count). The van der Waals surface area contributed by atoms with E-state index in [1.165, 1.54) is 18.4 Å². The maximum absolute atomic E-state index is 10.8. The van der Waals surface area contributed by atoms with E-state index in [0.29, 0.717) is 23.9 Å². The van der Waals surface area contributed by atoms with Crippen LogP contribution in [0, 0.1) is 0 Å². The van der Waals surface area contributed by atoms with Crippen LogP contribution in [0.3, 0.4) is 0 Å². The Labute approximate surface area is 218 Å². The van der Waals surface area contributed by atoms with E-state index < -0.39 is 0 Å². The van der Waals surface area contributed by atoms with Crippen LogP contribution in [-0.4, -0.2) is 39.7 Å². The molecule has 4 aromatic rings. The summed E-state index contributed by atoms with van der Waals surface area (Å²) >= 11 is 0. The van der Waals surface area contributed by atoms with Crippen LogP contribution in [0.15, 0.2) is 91.3 Å². The van der Waals surface area contributed by atoms with Crippen LogP contribution < -0.4 is 9.64 Å². The summed E-state index contributed by atoms with van der Waals surface area (Å²) in [5.74, 6) is 1.54. The summed E-state index contributed by atoms with van der Waals surface area (Å²) in [6.45, 7) is 1.12. The molecule has 1 N–H and O–H groups in total. The molecule has 2 saturated heterocycles. The van der Waals surface area contributed by atoms with Gasteiger partial charge in [0.05, 0.1) is 11.4 Å². The molecule has 0 saturated carbocycles. The number of piperidine rings is 1. The number of phenols is 1. The number of aromatic nitrogens is 1. The smallest absolute Gasteiger partial charge is 0.192 e. The van der Waals surface area contributed by atoms with E-state index >= 15 is 0 Å². The fourth-order valence-corrected chi connectivity index (χ4v) is 6.68. The topological polar surface area (TPSA) is 48.8 Å². The van der Waals surface area contributed by atoms with Gasteiger partial charge in [-0.25, -0.2) is 0 Å². The highest BCUT2D eigenvalue weighted by Crippen LogP contribution is 2.54. The van der Waals surface area contributed by atoms with E-state index in [-0.39, 0.29) is 5.75 Å². The fourth-order valence-electron chi connectivity index (χ4n) is 6.68. The summed E-state index contributed by atoms with van der Waals surface area (Å²) in [7, 11) is 0. The summed E-state index contributed by atoms with van der Waals surface area (Å²) in [6.07, 6.45) is 9.49. The molecule has 2 fully saturated rings. The number of aromatic hydroxyl groups is 1. The second-order valence-electron chi connectivity index (χ2n) is 10.5. The SMILES string of the molecule is Oc1cccc2c1Oc1cc(-c3ccncc3)ccc1N2C1CC2CCC(C1)N2CCc1ccccc1. The van der Waals surface area contributed by atoms with Gasteiger partial charge in [0.2, 0.25) is 0 Å². The zero-order valence-electron chi connectivity index (χ0n) is 20.8. The van der Waals surface area contributed by atoms with E-state index in [0.717, 1.165) is 54.1 Å². The molecule has 3 aliphatic rings. The van der Waals surface area contributed by atoms with Crippen LogP contribution in [-0.2, 0) is 6.42 Å². The van der Waals surface area contributed by atoms with Crippen LogP contribution in [0.1, 0.15) is 31.2 Å². The monoisotopic (exact) mass is 489 g/mol. The van der Waals surface area contributed by atoms with Gasteiger partial charge in [-0.2, -0.15) is 0 Å². The van der Waals surface area contributed by atoms with Gasteiger partial charge in [0.25, 0.3) is 0 Å². The quantitative estimate of drug-likeness (QED) is 0.329.